The van der Waals surface area contributed by atoms with Crippen molar-refractivity contribution in [1.29, 1.82) is 0 Å². The zero-order valence-corrected chi connectivity index (χ0v) is 10.6. The van der Waals surface area contributed by atoms with Gasteiger partial charge in [-0.25, -0.2) is 0 Å². The van der Waals surface area contributed by atoms with Crippen LogP contribution < -0.4 is 5.32 Å². The first-order valence-corrected chi connectivity index (χ1v) is 6.86. The number of carbonyl (C=O) groups excluding carboxylic acids is 2. The molecule has 100 valence electrons. The van der Waals surface area contributed by atoms with Crippen LogP contribution in [0.15, 0.2) is 0 Å². The molecule has 1 unspecified atom stereocenters. The van der Waals surface area contributed by atoms with Crippen molar-refractivity contribution in [3.63, 3.8) is 0 Å². The van der Waals surface area contributed by atoms with Gasteiger partial charge in [0.2, 0.25) is 5.91 Å². The molecule has 1 N–H and O–H groups in total. The summed E-state index contributed by atoms with van der Waals surface area (Å²) in [6, 6.07) is 0. The van der Waals surface area contributed by atoms with Crippen LogP contribution >= 0.6 is 0 Å². The van der Waals surface area contributed by atoms with Crippen molar-refractivity contribution in [2.24, 2.45) is 5.41 Å². The number of hydrogen-bond acceptors (Lipinski definition) is 3. The van der Waals surface area contributed by atoms with Gasteiger partial charge in [-0.05, 0) is 31.1 Å². The maximum atomic E-state index is 12.2. The zero-order chi connectivity index (χ0) is 12.6. The Labute approximate surface area is 107 Å². The van der Waals surface area contributed by atoms with E-state index in [1.54, 1.807) is 0 Å². The third kappa shape index (κ3) is 2.11. The van der Waals surface area contributed by atoms with Crippen LogP contribution in [0.3, 0.4) is 0 Å². The van der Waals surface area contributed by atoms with E-state index in [0.29, 0.717) is 13.0 Å². The molecular weight excluding hydrogens is 232 g/mol. The van der Waals surface area contributed by atoms with Gasteiger partial charge in [0, 0.05) is 32.7 Å². The molecule has 0 radical (unpaired) electrons. The third-order valence-corrected chi connectivity index (χ3v) is 4.54. The number of amides is 2. The molecule has 0 saturated carbocycles. The second-order valence-electron chi connectivity index (χ2n) is 5.78. The third-order valence-electron chi connectivity index (χ3n) is 4.54. The highest BCUT2D eigenvalue weighted by atomic mass is 16.5. The summed E-state index contributed by atoms with van der Waals surface area (Å²) in [6.45, 7) is 3.04. The molecule has 0 aromatic rings. The quantitative estimate of drug-likeness (QED) is 0.730. The lowest BCUT2D eigenvalue weighted by atomic mass is 9.77. The highest BCUT2D eigenvalue weighted by Gasteiger charge is 2.42. The lowest BCUT2D eigenvalue weighted by Gasteiger charge is -2.38. The highest BCUT2D eigenvalue weighted by molar-refractivity contribution is 5.82. The summed E-state index contributed by atoms with van der Waals surface area (Å²) in [7, 11) is 0. The number of likely N-dealkylation sites (tertiary alicyclic amines) is 1. The second-order valence-corrected chi connectivity index (χ2v) is 5.78. The predicted molar refractivity (Wildman–Crippen MR) is 64.8 cm³/mol. The lowest BCUT2D eigenvalue weighted by Crippen LogP contribution is -2.47. The minimum absolute atomic E-state index is 0.115. The van der Waals surface area contributed by atoms with E-state index < -0.39 is 0 Å². The maximum Gasteiger partial charge on any atom is 0.251 e. The highest BCUT2D eigenvalue weighted by Crippen LogP contribution is 2.37. The molecule has 3 heterocycles. The van der Waals surface area contributed by atoms with Gasteiger partial charge in [0.05, 0.1) is 0 Å². The van der Waals surface area contributed by atoms with E-state index in [0.717, 1.165) is 45.3 Å². The van der Waals surface area contributed by atoms with Gasteiger partial charge in [0.15, 0.2) is 0 Å². The molecule has 0 bridgehead atoms. The van der Waals surface area contributed by atoms with Gasteiger partial charge in [0.25, 0.3) is 5.91 Å². The molecule has 3 rings (SSSR count). The minimum Gasteiger partial charge on any atom is -0.368 e. The first-order valence-electron chi connectivity index (χ1n) is 6.86. The smallest absolute Gasteiger partial charge is 0.251 e. The molecule has 1 atom stereocenters. The Morgan fingerprint density at radius 2 is 2.17 bits per heavy atom. The van der Waals surface area contributed by atoms with Gasteiger partial charge in [-0.3, -0.25) is 9.59 Å². The number of ether oxygens (including phenoxy) is 1. The number of carbonyl (C=O) groups is 2. The second kappa shape index (κ2) is 4.53. The van der Waals surface area contributed by atoms with Gasteiger partial charge in [-0.15, -0.1) is 0 Å². The van der Waals surface area contributed by atoms with E-state index in [1.165, 1.54) is 0 Å². The van der Waals surface area contributed by atoms with Gasteiger partial charge in [0.1, 0.15) is 6.10 Å². The van der Waals surface area contributed by atoms with Gasteiger partial charge in [-0.1, -0.05) is 0 Å². The van der Waals surface area contributed by atoms with Crippen molar-refractivity contribution in [3.8, 4) is 0 Å². The van der Waals surface area contributed by atoms with Crippen molar-refractivity contribution in [2.75, 3.05) is 26.2 Å². The summed E-state index contributed by atoms with van der Waals surface area (Å²) >= 11 is 0. The van der Waals surface area contributed by atoms with E-state index in [4.69, 9.17) is 4.74 Å². The molecule has 3 aliphatic rings. The van der Waals surface area contributed by atoms with Gasteiger partial charge >= 0.3 is 0 Å². The number of hydrogen-bond donors (Lipinski definition) is 1. The van der Waals surface area contributed by atoms with E-state index in [9.17, 15) is 9.59 Å². The van der Waals surface area contributed by atoms with Crippen LogP contribution in [-0.2, 0) is 14.3 Å². The predicted octanol–water partition coefficient (Wildman–Crippen LogP) is 0.294. The number of nitrogens with zero attached hydrogens (tertiary/aromatic N) is 1. The molecule has 0 aromatic heterocycles. The topological polar surface area (TPSA) is 58.6 Å². The van der Waals surface area contributed by atoms with Crippen LogP contribution in [0.4, 0.5) is 0 Å². The Balaban J connectivity index is 1.56. The molecule has 3 saturated heterocycles. The van der Waals surface area contributed by atoms with Crippen molar-refractivity contribution in [2.45, 2.75) is 38.2 Å². The van der Waals surface area contributed by atoms with Gasteiger partial charge < -0.3 is 15.0 Å². The van der Waals surface area contributed by atoms with Gasteiger partial charge in [-0.2, -0.15) is 0 Å². The van der Waals surface area contributed by atoms with Crippen LogP contribution in [0.25, 0.3) is 0 Å². The molecular formula is C13H20N2O3. The van der Waals surface area contributed by atoms with E-state index in [1.807, 2.05) is 4.90 Å². The minimum atomic E-state index is -0.206. The van der Waals surface area contributed by atoms with Crippen LogP contribution in [0.2, 0.25) is 0 Å². The molecule has 0 aromatic carbocycles. The van der Waals surface area contributed by atoms with Crippen LogP contribution in [0.5, 0.6) is 0 Å². The molecule has 1 spiro atoms. The molecule has 18 heavy (non-hydrogen) atoms. The average Bonchev–Trinajstić information content (AvgIpc) is 3.00. The van der Waals surface area contributed by atoms with E-state index in [-0.39, 0.29) is 23.3 Å². The van der Waals surface area contributed by atoms with Crippen LogP contribution in [0.1, 0.15) is 32.1 Å². The van der Waals surface area contributed by atoms with Crippen LogP contribution in [-0.4, -0.2) is 49.1 Å². The van der Waals surface area contributed by atoms with Crippen molar-refractivity contribution < 1.29 is 14.3 Å². The summed E-state index contributed by atoms with van der Waals surface area (Å²) in [6.07, 6.45) is 4.15. The van der Waals surface area contributed by atoms with Crippen molar-refractivity contribution in [1.82, 2.24) is 10.2 Å². The largest absolute Gasteiger partial charge is 0.368 e. The Morgan fingerprint density at radius 3 is 2.72 bits per heavy atom. The average molecular weight is 252 g/mol. The first-order chi connectivity index (χ1) is 8.69. The molecule has 3 fully saturated rings. The van der Waals surface area contributed by atoms with E-state index in [2.05, 4.69) is 5.32 Å². The summed E-state index contributed by atoms with van der Waals surface area (Å²) in [5, 5.41) is 2.91. The summed E-state index contributed by atoms with van der Waals surface area (Å²) < 4.78 is 5.44. The van der Waals surface area contributed by atoms with Crippen LogP contribution in [0, 0.1) is 5.41 Å². The Hall–Kier alpha value is -1.10. The Morgan fingerprint density at radius 1 is 1.39 bits per heavy atom. The molecule has 3 aliphatic heterocycles. The monoisotopic (exact) mass is 252 g/mol. The van der Waals surface area contributed by atoms with Crippen molar-refractivity contribution in [3.05, 3.63) is 0 Å². The maximum absolute atomic E-state index is 12.2. The Kier molecular flexibility index (Phi) is 3.01. The number of nitrogens with one attached hydrogen (secondary N) is 1. The fourth-order valence-corrected chi connectivity index (χ4v) is 3.28. The van der Waals surface area contributed by atoms with Crippen molar-refractivity contribution >= 4 is 11.8 Å². The van der Waals surface area contributed by atoms with E-state index >= 15 is 0 Å². The fourth-order valence-electron chi connectivity index (χ4n) is 3.28. The number of rotatable bonds is 1. The standard InChI is InChI=1S/C13H20N2O3/c16-11-8-13(9-14-11)3-5-15(6-4-13)12(17)10-2-1-7-18-10/h10H,1-9H2,(H,14,16). The zero-order valence-electron chi connectivity index (χ0n) is 10.6. The first kappa shape index (κ1) is 12.0. The molecule has 5 nitrogen and oxygen atoms in total. The SMILES string of the molecule is O=C1CC2(CCN(C(=O)C3CCCO3)CC2)CN1. The summed E-state index contributed by atoms with van der Waals surface area (Å²) in [5.74, 6) is 0.313. The number of piperidine rings is 1. The Bertz CT molecular complexity index is 355. The summed E-state index contributed by atoms with van der Waals surface area (Å²) in [4.78, 5) is 25.4. The lowest BCUT2D eigenvalue weighted by molar-refractivity contribution is -0.143. The normalized spacial score (nSPS) is 30.8. The molecule has 2 amide bonds. The molecule has 0 aliphatic carbocycles. The summed E-state index contributed by atoms with van der Waals surface area (Å²) in [5.41, 5.74) is 0.115. The molecule has 5 heteroatoms. The fraction of sp³-hybridized carbons (Fsp3) is 0.846.